The van der Waals surface area contributed by atoms with Crippen LogP contribution in [-0.2, 0) is 0 Å². The third-order valence-corrected chi connectivity index (χ3v) is 11.1. The summed E-state index contributed by atoms with van der Waals surface area (Å²) >= 11 is 0. The van der Waals surface area contributed by atoms with Crippen molar-refractivity contribution in [3.05, 3.63) is 12.7 Å². The van der Waals surface area contributed by atoms with E-state index in [2.05, 4.69) is 12.7 Å². The molecule has 4 aliphatic heterocycles. The lowest BCUT2D eigenvalue weighted by atomic mass is 9.95. The molecule has 0 nitrogen and oxygen atoms in total. The van der Waals surface area contributed by atoms with E-state index >= 15 is 0 Å². The van der Waals surface area contributed by atoms with Crippen LogP contribution in [0.1, 0.15) is 25.7 Å². The van der Waals surface area contributed by atoms with Gasteiger partial charge in [0.1, 0.15) is 0 Å². The maximum atomic E-state index is 4.04. The first-order valence-corrected chi connectivity index (χ1v) is 7.24. The predicted molar refractivity (Wildman–Crippen MR) is 54.9 cm³/mol. The molecule has 0 radical (unpaired) electrons. The van der Waals surface area contributed by atoms with Gasteiger partial charge in [0.2, 0.25) is 0 Å². The fourth-order valence-electron chi connectivity index (χ4n) is 4.77. The molecule has 0 amide bonds. The molecule has 5 atom stereocenters. The fourth-order valence-corrected chi connectivity index (χ4v) is 11.9. The van der Waals surface area contributed by atoms with Gasteiger partial charge >= 0.3 is 0 Å². The Morgan fingerprint density at radius 2 is 2.25 bits per heavy atom. The molecule has 0 N–H and O–H groups in total. The van der Waals surface area contributed by atoms with Crippen molar-refractivity contribution in [3.63, 3.8) is 0 Å². The highest BCUT2D eigenvalue weighted by Gasteiger charge is 2.84. The summed E-state index contributed by atoms with van der Waals surface area (Å²) in [6.07, 6.45) is 8.63. The van der Waals surface area contributed by atoms with E-state index in [1.807, 2.05) is 0 Å². The molecule has 5 rings (SSSR count). The monoisotopic (exact) mass is 180 g/mol. The smallest absolute Gasteiger partial charge is 0.00718 e. The van der Waals surface area contributed by atoms with E-state index in [0.717, 1.165) is 10.7 Å². The first-order chi connectivity index (χ1) is 5.84. The summed E-state index contributed by atoms with van der Waals surface area (Å²) in [5.41, 5.74) is 0.965. The SMILES string of the molecule is C=C[C@@H]1CCC2C34CCS21[C@H]3C4. The van der Waals surface area contributed by atoms with Crippen LogP contribution in [0, 0.1) is 5.41 Å². The van der Waals surface area contributed by atoms with Gasteiger partial charge in [-0.15, -0.1) is 6.58 Å². The van der Waals surface area contributed by atoms with Crippen LogP contribution in [0.15, 0.2) is 12.7 Å². The Morgan fingerprint density at radius 3 is 2.92 bits per heavy atom. The van der Waals surface area contributed by atoms with Crippen molar-refractivity contribution >= 4 is 10.0 Å². The van der Waals surface area contributed by atoms with Crippen molar-refractivity contribution in [2.45, 2.75) is 41.4 Å². The molecule has 5 aliphatic rings. The normalized spacial score (nSPS) is 75.2. The Balaban J connectivity index is 1.86. The molecule has 66 valence electrons. The van der Waals surface area contributed by atoms with E-state index in [9.17, 15) is 0 Å². The van der Waals surface area contributed by atoms with Crippen LogP contribution in [0.5, 0.6) is 0 Å². The Labute approximate surface area is 75.7 Å². The highest BCUT2D eigenvalue weighted by Crippen LogP contribution is 2.98. The zero-order valence-electron chi connectivity index (χ0n) is 7.46. The van der Waals surface area contributed by atoms with Crippen LogP contribution in [0.2, 0.25) is 0 Å². The van der Waals surface area contributed by atoms with E-state index in [1.165, 1.54) is 16.9 Å². The van der Waals surface area contributed by atoms with Gasteiger partial charge < -0.3 is 0 Å². The second kappa shape index (κ2) is 1.54. The van der Waals surface area contributed by atoms with Crippen LogP contribution in [0.25, 0.3) is 0 Å². The van der Waals surface area contributed by atoms with Crippen molar-refractivity contribution in [1.82, 2.24) is 0 Å². The highest BCUT2D eigenvalue weighted by molar-refractivity contribution is 8.37. The number of hydrogen-bond acceptors (Lipinski definition) is 0. The van der Waals surface area contributed by atoms with Gasteiger partial charge in [0.25, 0.3) is 0 Å². The third-order valence-electron chi connectivity index (χ3n) is 5.21. The van der Waals surface area contributed by atoms with Gasteiger partial charge in [-0.25, -0.2) is 10.0 Å². The lowest BCUT2D eigenvalue weighted by molar-refractivity contribution is 0.469. The molecule has 2 spiro atoms. The number of hydrogen-bond donors (Lipinski definition) is 0. The quantitative estimate of drug-likeness (QED) is 0.544. The van der Waals surface area contributed by atoms with Gasteiger partial charge in [-0.1, -0.05) is 6.08 Å². The summed E-state index contributed by atoms with van der Waals surface area (Å²) in [7, 11) is -0.0885. The van der Waals surface area contributed by atoms with Gasteiger partial charge in [0.15, 0.2) is 0 Å². The van der Waals surface area contributed by atoms with Gasteiger partial charge in [0, 0.05) is 5.25 Å². The van der Waals surface area contributed by atoms with Crippen LogP contribution in [0.3, 0.4) is 0 Å². The summed E-state index contributed by atoms with van der Waals surface area (Å²) in [5.74, 6) is 1.64. The van der Waals surface area contributed by atoms with Crippen LogP contribution in [0.4, 0.5) is 0 Å². The second-order valence-corrected chi connectivity index (χ2v) is 9.10. The molecule has 1 saturated carbocycles. The summed E-state index contributed by atoms with van der Waals surface area (Å²) in [4.78, 5) is 0. The molecule has 1 heteroatoms. The van der Waals surface area contributed by atoms with Crippen LogP contribution in [-0.4, -0.2) is 21.5 Å². The Bertz CT molecular complexity index is 285. The molecule has 3 unspecified atom stereocenters. The maximum absolute atomic E-state index is 4.04. The van der Waals surface area contributed by atoms with Crippen molar-refractivity contribution < 1.29 is 0 Å². The van der Waals surface area contributed by atoms with Gasteiger partial charge in [-0.05, 0) is 47.4 Å². The molecule has 0 aromatic rings. The second-order valence-electron chi connectivity index (χ2n) is 5.13. The molecule has 2 bridgehead atoms. The first kappa shape index (κ1) is 6.53. The molecular formula is C11H16S. The van der Waals surface area contributed by atoms with E-state index in [4.69, 9.17) is 0 Å². The lowest BCUT2D eigenvalue weighted by Crippen LogP contribution is -2.35. The summed E-state index contributed by atoms with van der Waals surface area (Å²) in [6.45, 7) is 4.04. The average molecular weight is 180 g/mol. The van der Waals surface area contributed by atoms with Crippen molar-refractivity contribution in [3.8, 4) is 0 Å². The zero-order valence-corrected chi connectivity index (χ0v) is 8.28. The van der Waals surface area contributed by atoms with Gasteiger partial charge in [0.05, 0.1) is 0 Å². The predicted octanol–water partition coefficient (Wildman–Crippen LogP) is 2.68. The molecule has 4 saturated heterocycles. The molecule has 0 aromatic heterocycles. The number of fused-ring (bicyclic) bond motifs is 1. The first-order valence-electron chi connectivity index (χ1n) is 5.25. The maximum Gasteiger partial charge on any atom is 0.00718 e. The topological polar surface area (TPSA) is 0 Å². The zero-order chi connectivity index (χ0) is 7.97. The Hall–Kier alpha value is 0.0900. The fraction of sp³-hybridized carbons (Fsp3) is 0.818. The standard InChI is InChI=1S/C11H16S/c1-2-8-3-4-9-11-5-6-12(8,9)10(11)7-11/h2,8-10H,1,3-7H2/t8-,9?,10+,11?/m1/s1. The number of rotatable bonds is 1. The minimum absolute atomic E-state index is 0.0885. The van der Waals surface area contributed by atoms with Crippen molar-refractivity contribution in [2.75, 3.05) is 5.75 Å². The van der Waals surface area contributed by atoms with Crippen LogP contribution < -0.4 is 0 Å². The van der Waals surface area contributed by atoms with Crippen molar-refractivity contribution in [1.29, 1.82) is 0 Å². The largest absolute Gasteiger partial charge is 0.228 e. The molecular weight excluding hydrogens is 164 g/mol. The van der Waals surface area contributed by atoms with Crippen molar-refractivity contribution in [2.24, 2.45) is 5.41 Å². The van der Waals surface area contributed by atoms with E-state index in [-0.39, 0.29) is 10.0 Å². The van der Waals surface area contributed by atoms with Gasteiger partial charge in [-0.2, -0.15) is 0 Å². The molecule has 0 aromatic carbocycles. The van der Waals surface area contributed by atoms with Gasteiger partial charge in [-0.3, -0.25) is 0 Å². The van der Waals surface area contributed by atoms with E-state index < -0.39 is 0 Å². The summed E-state index contributed by atoms with van der Waals surface area (Å²) in [6, 6.07) is 0. The summed E-state index contributed by atoms with van der Waals surface area (Å²) < 4.78 is 0. The van der Waals surface area contributed by atoms with E-state index in [1.54, 1.807) is 25.0 Å². The average Bonchev–Trinajstić information content (AvgIpc) is 2.43. The summed E-state index contributed by atoms with van der Waals surface area (Å²) in [5, 5.41) is 3.48. The van der Waals surface area contributed by atoms with E-state index in [0.29, 0.717) is 0 Å². The molecule has 1 aliphatic carbocycles. The van der Waals surface area contributed by atoms with Crippen LogP contribution >= 0.6 is 10.0 Å². The minimum Gasteiger partial charge on any atom is -0.228 e. The highest BCUT2D eigenvalue weighted by atomic mass is 32.3. The third kappa shape index (κ3) is 0.376. The molecule has 5 fully saturated rings. The Morgan fingerprint density at radius 1 is 1.33 bits per heavy atom. The lowest BCUT2D eigenvalue weighted by Gasteiger charge is -2.50. The molecule has 12 heavy (non-hydrogen) atoms. The Kier molecular flexibility index (Phi) is 0.837. The molecule has 4 heterocycles. The minimum atomic E-state index is -0.0885.